The highest BCUT2D eigenvalue weighted by molar-refractivity contribution is 7.99. The SMILES string of the molecule is N#CC1(NC(=O)CC[C@H](C(N)=O)c2ccccc2)CCSCC1. The number of carbonyl (C=O) groups is 2. The van der Waals surface area contributed by atoms with Crippen molar-refractivity contribution in [3.63, 3.8) is 0 Å². The maximum absolute atomic E-state index is 12.2. The Morgan fingerprint density at radius 2 is 1.96 bits per heavy atom. The molecule has 0 aromatic heterocycles. The Hall–Kier alpha value is -2.00. The molecule has 0 unspecified atom stereocenters. The summed E-state index contributed by atoms with van der Waals surface area (Å²) in [4.78, 5) is 23.9. The van der Waals surface area contributed by atoms with Crippen LogP contribution in [0.3, 0.4) is 0 Å². The van der Waals surface area contributed by atoms with Crippen molar-refractivity contribution >= 4 is 23.6 Å². The van der Waals surface area contributed by atoms with E-state index in [0.29, 0.717) is 19.3 Å². The minimum absolute atomic E-state index is 0.180. The van der Waals surface area contributed by atoms with Gasteiger partial charge in [-0.1, -0.05) is 30.3 Å². The Balaban J connectivity index is 1.94. The zero-order valence-electron chi connectivity index (χ0n) is 13.0. The molecule has 1 aliphatic rings. The van der Waals surface area contributed by atoms with Crippen molar-refractivity contribution in [1.82, 2.24) is 5.32 Å². The van der Waals surface area contributed by atoms with Gasteiger partial charge in [-0.05, 0) is 36.3 Å². The summed E-state index contributed by atoms with van der Waals surface area (Å²) in [6, 6.07) is 11.5. The van der Waals surface area contributed by atoms with E-state index in [2.05, 4.69) is 11.4 Å². The van der Waals surface area contributed by atoms with Crippen LogP contribution < -0.4 is 11.1 Å². The molecule has 6 heteroatoms. The molecule has 5 nitrogen and oxygen atoms in total. The smallest absolute Gasteiger partial charge is 0.224 e. The number of carbonyl (C=O) groups excluding carboxylic acids is 2. The molecular formula is C17H21N3O2S. The third kappa shape index (κ3) is 4.73. The van der Waals surface area contributed by atoms with E-state index >= 15 is 0 Å². The van der Waals surface area contributed by atoms with Crippen LogP contribution in [-0.4, -0.2) is 28.9 Å². The summed E-state index contributed by atoms with van der Waals surface area (Å²) in [6.45, 7) is 0. The molecule has 1 atom stereocenters. The van der Waals surface area contributed by atoms with Crippen molar-refractivity contribution in [2.75, 3.05) is 11.5 Å². The number of thioether (sulfide) groups is 1. The van der Waals surface area contributed by atoms with E-state index in [-0.39, 0.29) is 12.3 Å². The summed E-state index contributed by atoms with van der Waals surface area (Å²) in [6.07, 6.45) is 1.86. The van der Waals surface area contributed by atoms with Crippen molar-refractivity contribution in [3.05, 3.63) is 35.9 Å². The van der Waals surface area contributed by atoms with Gasteiger partial charge in [0.15, 0.2) is 0 Å². The monoisotopic (exact) mass is 331 g/mol. The molecule has 1 aromatic carbocycles. The summed E-state index contributed by atoms with van der Waals surface area (Å²) in [5, 5.41) is 12.2. The molecule has 0 radical (unpaired) electrons. The highest BCUT2D eigenvalue weighted by atomic mass is 32.2. The van der Waals surface area contributed by atoms with Crippen LogP contribution in [0.2, 0.25) is 0 Å². The molecule has 1 fully saturated rings. The molecule has 1 heterocycles. The molecule has 1 aliphatic heterocycles. The molecule has 3 N–H and O–H groups in total. The van der Waals surface area contributed by atoms with E-state index in [4.69, 9.17) is 5.73 Å². The lowest BCUT2D eigenvalue weighted by Crippen LogP contribution is -2.49. The van der Waals surface area contributed by atoms with E-state index < -0.39 is 17.4 Å². The summed E-state index contributed by atoms with van der Waals surface area (Å²) in [7, 11) is 0. The topological polar surface area (TPSA) is 96.0 Å². The fourth-order valence-electron chi connectivity index (χ4n) is 2.75. The Kier molecular flexibility index (Phi) is 6.05. The van der Waals surface area contributed by atoms with Gasteiger partial charge < -0.3 is 11.1 Å². The third-order valence-electron chi connectivity index (χ3n) is 4.14. The van der Waals surface area contributed by atoms with Crippen LogP contribution in [0.15, 0.2) is 30.3 Å². The molecule has 2 amide bonds. The highest BCUT2D eigenvalue weighted by Gasteiger charge is 2.34. The minimum Gasteiger partial charge on any atom is -0.369 e. The largest absolute Gasteiger partial charge is 0.369 e. The molecule has 122 valence electrons. The Morgan fingerprint density at radius 3 is 2.52 bits per heavy atom. The molecule has 0 saturated carbocycles. The number of nitrogens with two attached hydrogens (primary N) is 1. The van der Waals surface area contributed by atoms with Crippen LogP contribution in [0.1, 0.15) is 37.2 Å². The van der Waals surface area contributed by atoms with Crippen LogP contribution in [0.25, 0.3) is 0 Å². The number of hydrogen-bond donors (Lipinski definition) is 2. The average molecular weight is 331 g/mol. The predicted molar refractivity (Wildman–Crippen MR) is 90.7 cm³/mol. The highest BCUT2D eigenvalue weighted by Crippen LogP contribution is 2.27. The van der Waals surface area contributed by atoms with Gasteiger partial charge in [0.2, 0.25) is 11.8 Å². The average Bonchev–Trinajstić information content (AvgIpc) is 2.56. The number of hydrogen-bond acceptors (Lipinski definition) is 4. The van der Waals surface area contributed by atoms with E-state index in [1.807, 2.05) is 30.3 Å². The maximum Gasteiger partial charge on any atom is 0.224 e. The predicted octanol–water partition coefficient (Wildman–Crippen LogP) is 1.94. The first-order chi connectivity index (χ1) is 11.1. The second-order valence-corrected chi connectivity index (χ2v) is 6.98. The molecule has 2 rings (SSSR count). The van der Waals surface area contributed by atoms with Gasteiger partial charge in [0.1, 0.15) is 5.54 Å². The van der Waals surface area contributed by atoms with Crippen molar-refractivity contribution in [2.24, 2.45) is 5.73 Å². The van der Waals surface area contributed by atoms with Gasteiger partial charge in [-0.3, -0.25) is 9.59 Å². The van der Waals surface area contributed by atoms with Gasteiger partial charge in [-0.25, -0.2) is 0 Å². The first-order valence-electron chi connectivity index (χ1n) is 7.70. The van der Waals surface area contributed by atoms with Crippen LogP contribution >= 0.6 is 11.8 Å². The molecule has 0 aliphatic carbocycles. The summed E-state index contributed by atoms with van der Waals surface area (Å²) in [5.74, 6) is 0.638. The van der Waals surface area contributed by atoms with Crippen molar-refractivity contribution < 1.29 is 9.59 Å². The molecule has 0 bridgehead atoms. The van der Waals surface area contributed by atoms with Gasteiger partial charge in [-0.15, -0.1) is 0 Å². The lowest BCUT2D eigenvalue weighted by molar-refractivity contribution is -0.123. The minimum atomic E-state index is -0.753. The number of primary amides is 1. The number of nitriles is 1. The van der Waals surface area contributed by atoms with E-state index in [1.54, 1.807) is 11.8 Å². The lowest BCUT2D eigenvalue weighted by atomic mass is 9.91. The van der Waals surface area contributed by atoms with E-state index in [9.17, 15) is 14.9 Å². The van der Waals surface area contributed by atoms with Gasteiger partial charge >= 0.3 is 0 Å². The maximum atomic E-state index is 12.2. The summed E-state index contributed by atoms with van der Waals surface area (Å²) >= 11 is 1.80. The number of amides is 2. The summed E-state index contributed by atoms with van der Waals surface area (Å²) in [5.41, 5.74) is 5.53. The fourth-order valence-corrected chi connectivity index (χ4v) is 3.94. The van der Waals surface area contributed by atoms with Gasteiger partial charge in [0.05, 0.1) is 12.0 Å². The molecular weight excluding hydrogens is 310 g/mol. The van der Waals surface area contributed by atoms with Gasteiger partial charge in [0, 0.05) is 6.42 Å². The molecule has 0 spiro atoms. The number of rotatable bonds is 6. The Labute approximate surface area is 140 Å². The fraction of sp³-hybridized carbons (Fsp3) is 0.471. The van der Waals surface area contributed by atoms with Crippen LogP contribution in [0, 0.1) is 11.3 Å². The van der Waals surface area contributed by atoms with Crippen molar-refractivity contribution in [1.29, 1.82) is 5.26 Å². The van der Waals surface area contributed by atoms with Gasteiger partial charge in [-0.2, -0.15) is 17.0 Å². The van der Waals surface area contributed by atoms with Crippen molar-refractivity contribution in [2.45, 2.75) is 37.1 Å². The van der Waals surface area contributed by atoms with Crippen LogP contribution in [0.4, 0.5) is 0 Å². The number of nitrogens with zero attached hydrogens (tertiary/aromatic N) is 1. The van der Waals surface area contributed by atoms with Crippen molar-refractivity contribution in [3.8, 4) is 6.07 Å². The first-order valence-corrected chi connectivity index (χ1v) is 8.86. The van der Waals surface area contributed by atoms with Crippen LogP contribution in [-0.2, 0) is 9.59 Å². The zero-order valence-corrected chi connectivity index (χ0v) is 13.8. The first kappa shape index (κ1) is 17.4. The second-order valence-electron chi connectivity index (χ2n) is 5.76. The normalized spacial score (nSPS) is 17.7. The Bertz CT molecular complexity index is 592. The molecule has 1 saturated heterocycles. The standard InChI is InChI=1S/C17H21N3O2S/c18-12-17(8-10-23-11-9-17)20-15(21)7-6-14(16(19)22)13-4-2-1-3-5-13/h1-5,14H,6-11H2,(H2,19,22)(H,20,21)/t14-/m0/s1. The van der Waals surface area contributed by atoms with E-state index in [1.165, 1.54) is 0 Å². The second kappa shape index (κ2) is 8.02. The zero-order chi connectivity index (χ0) is 16.7. The third-order valence-corrected chi connectivity index (χ3v) is 5.13. The lowest BCUT2D eigenvalue weighted by Gasteiger charge is -2.31. The van der Waals surface area contributed by atoms with Gasteiger partial charge in [0.25, 0.3) is 0 Å². The summed E-state index contributed by atoms with van der Waals surface area (Å²) < 4.78 is 0. The van der Waals surface area contributed by atoms with Crippen LogP contribution in [0.5, 0.6) is 0 Å². The van der Waals surface area contributed by atoms with E-state index in [0.717, 1.165) is 17.1 Å². The molecule has 23 heavy (non-hydrogen) atoms. The number of benzene rings is 1. The quantitative estimate of drug-likeness (QED) is 0.832. The number of nitrogens with one attached hydrogen (secondary N) is 1. The molecule has 1 aromatic rings. The Morgan fingerprint density at radius 1 is 1.30 bits per heavy atom.